The summed E-state index contributed by atoms with van der Waals surface area (Å²) in [7, 11) is 0. The van der Waals surface area contributed by atoms with Crippen molar-refractivity contribution in [3.8, 4) is 0 Å². The van der Waals surface area contributed by atoms with Gasteiger partial charge >= 0.3 is 0 Å². The zero-order chi connectivity index (χ0) is 14.3. The molecule has 0 amide bonds. The van der Waals surface area contributed by atoms with Gasteiger partial charge in [0.25, 0.3) is 0 Å². The number of anilines is 2. The molecule has 0 aliphatic carbocycles. The van der Waals surface area contributed by atoms with Crippen molar-refractivity contribution in [2.24, 2.45) is 5.10 Å². The molecule has 0 spiro atoms. The molecular weight excluding hydrogens is 262 g/mol. The Labute approximate surface area is 125 Å². The fraction of sp³-hybridized carbons (Fsp3) is 0.235. The van der Waals surface area contributed by atoms with Crippen LogP contribution in [-0.2, 0) is 4.74 Å². The summed E-state index contributed by atoms with van der Waals surface area (Å²) in [5, 5.41) is 9.88. The number of para-hydroxylation sites is 1. The van der Waals surface area contributed by atoms with E-state index in [1.54, 1.807) is 0 Å². The molecule has 1 N–H and O–H groups in total. The molecule has 1 saturated heterocycles. The Hall–Kier alpha value is -2.33. The summed E-state index contributed by atoms with van der Waals surface area (Å²) < 4.78 is 5.30. The van der Waals surface area contributed by atoms with Crippen molar-refractivity contribution in [3.05, 3.63) is 60.2 Å². The normalized spacial score (nSPS) is 15.3. The first kappa shape index (κ1) is 13.6. The zero-order valence-corrected chi connectivity index (χ0v) is 11.9. The summed E-state index contributed by atoms with van der Waals surface area (Å²) in [5.41, 5.74) is 3.26. The maximum Gasteiger partial charge on any atom is 0.0659 e. The van der Waals surface area contributed by atoms with Crippen LogP contribution < -0.4 is 5.32 Å². The minimum Gasteiger partial charge on any atom is -0.378 e. The highest BCUT2D eigenvalue weighted by Gasteiger charge is 2.06. The van der Waals surface area contributed by atoms with Crippen LogP contribution in [0.2, 0.25) is 0 Å². The molecule has 0 bridgehead atoms. The van der Waals surface area contributed by atoms with Gasteiger partial charge < -0.3 is 10.1 Å². The van der Waals surface area contributed by atoms with Crippen molar-refractivity contribution in [3.63, 3.8) is 0 Å². The Morgan fingerprint density at radius 1 is 0.905 bits per heavy atom. The van der Waals surface area contributed by atoms with Crippen molar-refractivity contribution in [1.29, 1.82) is 0 Å². The van der Waals surface area contributed by atoms with Crippen LogP contribution in [-0.4, -0.2) is 37.5 Å². The number of nitrogens with one attached hydrogen (secondary N) is 1. The van der Waals surface area contributed by atoms with E-state index in [1.807, 2.05) is 41.6 Å². The summed E-state index contributed by atoms with van der Waals surface area (Å²) in [5.74, 6) is 0. The minimum atomic E-state index is 0.761. The summed E-state index contributed by atoms with van der Waals surface area (Å²) in [6.07, 6.45) is 1.90. The summed E-state index contributed by atoms with van der Waals surface area (Å²) >= 11 is 0. The fourth-order valence-electron chi connectivity index (χ4n) is 2.16. The second-order valence-corrected chi connectivity index (χ2v) is 4.92. The topological polar surface area (TPSA) is 36.9 Å². The number of hydrazone groups is 1. The van der Waals surface area contributed by atoms with E-state index in [2.05, 4.69) is 34.7 Å². The van der Waals surface area contributed by atoms with Gasteiger partial charge in [-0.15, -0.1) is 0 Å². The van der Waals surface area contributed by atoms with Crippen molar-refractivity contribution < 1.29 is 4.74 Å². The lowest BCUT2D eigenvalue weighted by Gasteiger charge is -2.23. The van der Waals surface area contributed by atoms with Crippen LogP contribution in [0.4, 0.5) is 11.4 Å². The van der Waals surface area contributed by atoms with Crippen LogP contribution in [0, 0.1) is 0 Å². The van der Waals surface area contributed by atoms with Gasteiger partial charge in [-0.3, -0.25) is 5.01 Å². The van der Waals surface area contributed by atoms with Gasteiger partial charge in [0.15, 0.2) is 0 Å². The molecule has 0 atom stereocenters. The molecule has 2 aromatic carbocycles. The maximum absolute atomic E-state index is 5.30. The van der Waals surface area contributed by atoms with E-state index in [0.717, 1.165) is 43.2 Å². The predicted octanol–water partition coefficient (Wildman–Crippen LogP) is 3.10. The third kappa shape index (κ3) is 4.07. The smallest absolute Gasteiger partial charge is 0.0659 e. The average molecular weight is 281 g/mol. The van der Waals surface area contributed by atoms with Gasteiger partial charge in [0.2, 0.25) is 0 Å². The van der Waals surface area contributed by atoms with Gasteiger partial charge in [-0.05, 0) is 29.8 Å². The Bertz CT molecular complexity index is 575. The van der Waals surface area contributed by atoms with Gasteiger partial charge in [0.05, 0.1) is 32.5 Å². The van der Waals surface area contributed by atoms with E-state index < -0.39 is 0 Å². The minimum absolute atomic E-state index is 0.761. The highest BCUT2D eigenvalue weighted by molar-refractivity contribution is 5.80. The first-order valence-corrected chi connectivity index (χ1v) is 7.19. The largest absolute Gasteiger partial charge is 0.378 e. The molecule has 4 heteroatoms. The van der Waals surface area contributed by atoms with Crippen LogP contribution in [0.25, 0.3) is 0 Å². The lowest BCUT2D eigenvalue weighted by atomic mass is 10.2. The third-order valence-electron chi connectivity index (χ3n) is 3.33. The van der Waals surface area contributed by atoms with Gasteiger partial charge in [-0.2, -0.15) is 5.10 Å². The summed E-state index contributed by atoms with van der Waals surface area (Å²) in [6, 6.07) is 18.4. The van der Waals surface area contributed by atoms with E-state index in [1.165, 1.54) is 0 Å². The Morgan fingerprint density at radius 2 is 1.57 bits per heavy atom. The highest BCUT2D eigenvalue weighted by atomic mass is 16.5. The molecule has 0 unspecified atom stereocenters. The third-order valence-corrected chi connectivity index (χ3v) is 3.33. The molecule has 1 fully saturated rings. The molecule has 1 aliphatic rings. The van der Waals surface area contributed by atoms with E-state index in [-0.39, 0.29) is 0 Å². The van der Waals surface area contributed by atoms with Crippen molar-refractivity contribution in [2.75, 3.05) is 31.6 Å². The molecular formula is C17H19N3O. The van der Waals surface area contributed by atoms with Gasteiger partial charge in [-0.1, -0.05) is 30.3 Å². The molecule has 3 rings (SSSR count). The summed E-state index contributed by atoms with van der Waals surface area (Å²) in [6.45, 7) is 3.25. The predicted molar refractivity (Wildman–Crippen MR) is 86.2 cm³/mol. The molecule has 1 heterocycles. The average Bonchev–Trinajstić information content (AvgIpc) is 2.56. The fourth-order valence-corrected chi connectivity index (χ4v) is 2.16. The number of morpholine rings is 1. The molecule has 0 radical (unpaired) electrons. The second-order valence-electron chi connectivity index (χ2n) is 4.92. The van der Waals surface area contributed by atoms with Crippen LogP contribution in [0.15, 0.2) is 59.7 Å². The highest BCUT2D eigenvalue weighted by Crippen LogP contribution is 2.16. The van der Waals surface area contributed by atoms with Crippen molar-refractivity contribution in [2.45, 2.75) is 0 Å². The van der Waals surface area contributed by atoms with E-state index >= 15 is 0 Å². The molecule has 0 aromatic heterocycles. The molecule has 108 valence electrons. The monoisotopic (exact) mass is 281 g/mol. The number of nitrogens with zero attached hydrogens (tertiary/aromatic N) is 2. The number of hydrogen-bond acceptors (Lipinski definition) is 4. The number of ether oxygens (including phenoxy) is 1. The molecule has 1 aliphatic heterocycles. The van der Waals surface area contributed by atoms with Crippen molar-refractivity contribution >= 4 is 17.6 Å². The lowest BCUT2D eigenvalue weighted by molar-refractivity contribution is 0.0397. The van der Waals surface area contributed by atoms with Crippen LogP contribution in [0.3, 0.4) is 0 Å². The summed E-state index contributed by atoms with van der Waals surface area (Å²) in [4.78, 5) is 0. The maximum atomic E-state index is 5.30. The van der Waals surface area contributed by atoms with Crippen LogP contribution in [0.1, 0.15) is 5.56 Å². The van der Waals surface area contributed by atoms with Crippen molar-refractivity contribution in [1.82, 2.24) is 5.01 Å². The number of hydrogen-bond donors (Lipinski definition) is 1. The lowest BCUT2D eigenvalue weighted by Crippen LogP contribution is -2.32. The van der Waals surface area contributed by atoms with E-state index in [0.29, 0.717) is 0 Å². The number of benzene rings is 2. The standard InChI is InChI=1S/C17H19N3O/c1-2-4-16(5-3-1)19-17-8-6-15(7-9-17)14-18-20-10-12-21-13-11-20/h1-9,14,19H,10-13H2/b18-14+. The van der Waals surface area contributed by atoms with E-state index in [4.69, 9.17) is 4.74 Å². The molecule has 2 aromatic rings. The Balaban J connectivity index is 1.60. The quantitative estimate of drug-likeness (QED) is 0.875. The second kappa shape index (κ2) is 6.90. The first-order chi connectivity index (χ1) is 10.4. The number of rotatable bonds is 4. The SMILES string of the molecule is C(=N\N1CCOCC1)/c1ccc(Nc2ccccc2)cc1. The zero-order valence-electron chi connectivity index (χ0n) is 11.9. The molecule has 4 nitrogen and oxygen atoms in total. The first-order valence-electron chi connectivity index (χ1n) is 7.19. The Morgan fingerprint density at radius 3 is 2.29 bits per heavy atom. The molecule has 0 saturated carbocycles. The van der Waals surface area contributed by atoms with Gasteiger partial charge in [0, 0.05) is 11.4 Å². The van der Waals surface area contributed by atoms with Gasteiger partial charge in [0.1, 0.15) is 0 Å². The molecule has 21 heavy (non-hydrogen) atoms. The van der Waals surface area contributed by atoms with Gasteiger partial charge in [-0.25, -0.2) is 0 Å². The van der Waals surface area contributed by atoms with Crippen LogP contribution >= 0.6 is 0 Å². The van der Waals surface area contributed by atoms with E-state index in [9.17, 15) is 0 Å². The Kier molecular flexibility index (Phi) is 4.49. The van der Waals surface area contributed by atoms with Crippen LogP contribution in [0.5, 0.6) is 0 Å².